The molecule has 0 aliphatic heterocycles. The van der Waals surface area contributed by atoms with Gasteiger partial charge in [-0.15, -0.1) is 0 Å². The first kappa shape index (κ1) is 13.4. The molecule has 0 bridgehead atoms. The fourth-order valence-electron chi connectivity index (χ4n) is 1.95. The monoisotopic (exact) mass is 277 g/mol. The maximum Gasteiger partial charge on any atom is 0.240 e. The maximum atomic E-state index is 11.6. The van der Waals surface area contributed by atoms with Crippen LogP contribution in [0.3, 0.4) is 0 Å². The van der Waals surface area contributed by atoms with Crippen LogP contribution < -0.4 is 5.32 Å². The van der Waals surface area contributed by atoms with Crippen LogP contribution in [0.15, 0.2) is 24.4 Å². The average molecular weight is 278 g/mol. The highest BCUT2D eigenvalue weighted by Crippen LogP contribution is 2.24. The lowest BCUT2D eigenvalue weighted by molar-refractivity contribution is -0.121. The number of aliphatic hydroxyl groups excluding tert-OH is 1. The second-order valence-electron chi connectivity index (χ2n) is 4.04. The van der Waals surface area contributed by atoms with Gasteiger partial charge in [-0.2, -0.15) is 5.26 Å². The predicted octanol–water partition coefficient (Wildman–Crippen LogP) is 1.43. The number of hydrogen-bond acceptors (Lipinski definition) is 3. The van der Waals surface area contributed by atoms with Crippen molar-refractivity contribution in [3.8, 4) is 6.07 Å². The molecule has 1 amide bonds. The number of nitrogens with one attached hydrogen (secondary N) is 1. The van der Waals surface area contributed by atoms with Gasteiger partial charge in [0.05, 0.1) is 18.2 Å². The van der Waals surface area contributed by atoms with E-state index in [9.17, 15) is 9.90 Å². The van der Waals surface area contributed by atoms with Crippen LogP contribution in [-0.4, -0.2) is 22.1 Å². The van der Waals surface area contributed by atoms with E-state index in [1.54, 1.807) is 22.9 Å². The Bertz CT molecular complexity index is 658. The van der Waals surface area contributed by atoms with Crippen molar-refractivity contribution < 1.29 is 9.90 Å². The molecule has 1 heterocycles. The molecule has 1 aromatic heterocycles. The van der Waals surface area contributed by atoms with Gasteiger partial charge in [-0.05, 0) is 12.1 Å². The molecule has 2 N–H and O–H groups in total. The summed E-state index contributed by atoms with van der Waals surface area (Å²) in [4.78, 5) is 11.6. The summed E-state index contributed by atoms with van der Waals surface area (Å²) in [5, 5.41) is 21.6. The molecule has 19 heavy (non-hydrogen) atoms. The zero-order valence-corrected chi connectivity index (χ0v) is 10.8. The summed E-state index contributed by atoms with van der Waals surface area (Å²) >= 11 is 5.94. The fraction of sp³-hybridized carbons (Fsp3) is 0.231. The van der Waals surface area contributed by atoms with Gasteiger partial charge in [-0.3, -0.25) is 4.79 Å². The SMILES string of the molecule is N#CCNC(=O)Cn1cc(CO)c2ccc(Cl)cc21. The maximum absolute atomic E-state index is 11.6. The molecule has 2 rings (SSSR count). The molecule has 2 aromatic rings. The van der Waals surface area contributed by atoms with Gasteiger partial charge in [0, 0.05) is 22.2 Å². The number of halogens is 1. The van der Waals surface area contributed by atoms with Crippen LogP contribution in [0.2, 0.25) is 5.02 Å². The van der Waals surface area contributed by atoms with E-state index in [1.165, 1.54) is 0 Å². The molecule has 0 fully saturated rings. The van der Waals surface area contributed by atoms with E-state index >= 15 is 0 Å². The standard InChI is InChI=1S/C13H12ClN3O2/c14-10-1-2-11-9(8-18)6-17(12(11)5-10)7-13(19)16-4-3-15/h1-2,5-6,18H,4,7-8H2,(H,16,19). The first-order chi connectivity index (χ1) is 9.15. The van der Waals surface area contributed by atoms with E-state index < -0.39 is 0 Å². The van der Waals surface area contributed by atoms with Crippen LogP contribution in [0.4, 0.5) is 0 Å². The third-order valence-corrected chi connectivity index (χ3v) is 3.01. The number of fused-ring (bicyclic) bond motifs is 1. The van der Waals surface area contributed by atoms with E-state index in [4.69, 9.17) is 16.9 Å². The number of aliphatic hydroxyl groups is 1. The summed E-state index contributed by atoms with van der Waals surface area (Å²) < 4.78 is 1.71. The van der Waals surface area contributed by atoms with Crippen molar-refractivity contribution in [2.45, 2.75) is 13.2 Å². The quantitative estimate of drug-likeness (QED) is 0.830. The second-order valence-corrected chi connectivity index (χ2v) is 4.47. The average Bonchev–Trinajstić information content (AvgIpc) is 2.74. The molecule has 0 atom stereocenters. The van der Waals surface area contributed by atoms with E-state index in [0.717, 1.165) is 16.5 Å². The van der Waals surface area contributed by atoms with Crippen LogP contribution in [0.5, 0.6) is 0 Å². The number of nitrogens with zero attached hydrogens (tertiary/aromatic N) is 2. The third-order valence-electron chi connectivity index (χ3n) is 2.78. The second kappa shape index (κ2) is 5.74. The minimum Gasteiger partial charge on any atom is -0.392 e. The minimum atomic E-state index is -0.261. The number of aromatic nitrogens is 1. The summed E-state index contributed by atoms with van der Waals surface area (Å²) in [6.45, 7) is -0.0465. The van der Waals surface area contributed by atoms with Crippen molar-refractivity contribution in [3.05, 3.63) is 35.0 Å². The summed E-state index contributed by atoms with van der Waals surface area (Å²) in [7, 11) is 0. The molecular weight excluding hydrogens is 266 g/mol. The Morgan fingerprint density at radius 1 is 1.53 bits per heavy atom. The number of hydrogen-bond donors (Lipinski definition) is 2. The Kier molecular flexibility index (Phi) is 4.05. The van der Waals surface area contributed by atoms with Gasteiger partial charge in [0.15, 0.2) is 0 Å². The molecular formula is C13H12ClN3O2. The number of amides is 1. The summed E-state index contributed by atoms with van der Waals surface area (Å²) in [5.74, 6) is -0.261. The lowest BCUT2D eigenvalue weighted by Crippen LogP contribution is -2.27. The molecule has 0 aliphatic rings. The van der Waals surface area contributed by atoms with Crippen LogP contribution in [-0.2, 0) is 17.9 Å². The number of benzene rings is 1. The highest BCUT2D eigenvalue weighted by atomic mass is 35.5. The summed E-state index contributed by atoms with van der Waals surface area (Å²) in [6.07, 6.45) is 1.72. The van der Waals surface area contributed by atoms with Crippen molar-refractivity contribution >= 4 is 28.4 Å². The molecule has 0 unspecified atom stereocenters. The van der Waals surface area contributed by atoms with Gasteiger partial charge in [-0.25, -0.2) is 0 Å². The predicted molar refractivity (Wildman–Crippen MR) is 71.5 cm³/mol. The highest BCUT2D eigenvalue weighted by Gasteiger charge is 2.10. The van der Waals surface area contributed by atoms with E-state index in [-0.39, 0.29) is 25.6 Å². The molecule has 5 nitrogen and oxygen atoms in total. The molecule has 0 spiro atoms. The van der Waals surface area contributed by atoms with Gasteiger partial charge in [0.25, 0.3) is 0 Å². The molecule has 0 saturated carbocycles. The first-order valence-electron chi connectivity index (χ1n) is 5.67. The van der Waals surface area contributed by atoms with E-state index in [0.29, 0.717) is 5.02 Å². The van der Waals surface area contributed by atoms with Gasteiger partial charge >= 0.3 is 0 Å². The van der Waals surface area contributed by atoms with Crippen molar-refractivity contribution in [1.82, 2.24) is 9.88 Å². The zero-order chi connectivity index (χ0) is 13.8. The Balaban J connectivity index is 2.35. The fourth-order valence-corrected chi connectivity index (χ4v) is 2.11. The Labute approximate surface area is 115 Å². The molecule has 0 aliphatic carbocycles. The van der Waals surface area contributed by atoms with Gasteiger partial charge < -0.3 is 15.0 Å². The summed E-state index contributed by atoms with van der Waals surface area (Å²) in [6, 6.07) is 7.14. The van der Waals surface area contributed by atoms with Crippen LogP contribution in [0.1, 0.15) is 5.56 Å². The van der Waals surface area contributed by atoms with Crippen molar-refractivity contribution in [3.63, 3.8) is 0 Å². The molecule has 6 heteroatoms. The molecule has 0 saturated heterocycles. The summed E-state index contributed by atoms with van der Waals surface area (Å²) in [5.41, 5.74) is 1.52. The number of nitriles is 1. The largest absolute Gasteiger partial charge is 0.392 e. The van der Waals surface area contributed by atoms with Crippen LogP contribution in [0.25, 0.3) is 10.9 Å². The normalized spacial score (nSPS) is 10.4. The topological polar surface area (TPSA) is 78.0 Å². The molecule has 0 radical (unpaired) electrons. The smallest absolute Gasteiger partial charge is 0.240 e. The lowest BCUT2D eigenvalue weighted by Gasteiger charge is -2.05. The number of rotatable bonds is 4. The van der Waals surface area contributed by atoms with Crippen LogP contribution in [0, 0.1) is 11.3 Å². The van der Waals surface area contributed by atoms with Crippen molar-refractivity contribution in [2.24, 2.45) is 0 Å². The Morgan fingerprint density at radius 3 is 3.00 bits per heavy atom. The van der Waals surface area contributed by atoms with Crippen LogP contribution >= 0.6 is 11.6 Å². The first-order valence-corrected chi connectivity index (χ1v) is 6.05. The molecule has 1 aromatic carbocycles. The van der Waals surface area contributed by atoms with E-state index in [1.807, 2.05) is 12.1 Å². The third kappa shape index (κ3) is 2.87. The Morgan fingerprint density at radius 2 is 2.32 bits per heavy atom. The Hall–Kier alpha value is -2.03. The van der Waals surface area contributed by atoms with E-state index in [2.05, 4.69) is 5.32 Å². The van der Waals surface area contributed by atoms with Gasteiger partial charge in [0.2, 0.25) is 5.91 Å². The lowest BCUT2D eigenvalue weighted by atomic mass is 10.2. The number of carbonyl (C=O) groups is 1. The van der Waals surface area contributed by atoms with Crippen molar-refractivity contribution in [1.29, 1.82) is 5.26 Å². The van der Waals surface area contributed by atoms with Gasteiger partial charge in [-0.1, -0.05) is 17.7 Å². The minimum absolute atomic E-state index is 0.0222. The van der Waals surface area contributed by atoms with Crippen molar-refractivity contribution in [2.75, 3.05) is 6.54 Å². The highest BCUT2D eigenvalue weighted by molar-refractivity contribution is 6.31. The van der Waals surface area contributed by atoms with Gasteiger partial charge in [0.1, 0.15) is 13.1 Å². The molecule has 98 valence electrons. The number of carbonyl (C=O) groups excluding carboxylic acids is 1. The zero-order valence-electron chi connectivity index (χ0n) is 10.1.